The van der Waals surface area contributed by atoms with E-state index >= 15 is 0 Å². The Morgan fingerprint density at radius 2 is 2.14 bits per heavy atom. The van der Waals surface area contributed by atoms with Gasteiger partial charge in [0.1, 0.15) is 11.5 Å². The van der Waals surface area contributed by atoms with Crippen molar-refractivity contribution in [1.82, 2.24) is 5.43 Å². The van der Waals surface area contributed by atoms with E-state index in [1.54, 1.807) is 12.1 Å². The Hall–Kier alpha value is -2.08. The zero-order valence-corrected chi connectivity index (χ0v) is 13.3. The molecule has 1 N–H and O–H groups in total. The van der Waals surface area contributed by atoms with Crippen molar-refractivity contribution in [3.63, 3.8) is 0 Å². The van der Waals surface area contributed by atoms with Gasteiger partial charge >= 0.3 is 0 Å². The zero-order valence-electron chi connectivity index (χ0n) is 11.7. The number of amides is 1. The number of hydrazone groups is 1. The van der Waals surface area contributed by atoms with Gasteiger partial charge in [0.2, 0.25) is 0 Å². The number of rotatable bonds is 5. The molecule has 0 atom stereocenters. The van der Waals surface area contributed by atoms with Crippen LogP contribution in [-0.2, 0) is 4.79 Å². The van der Waals surface area contributed by atoms with E-state index in [4.69, 9.17) is 9.15 Å². The molecule has 0 aliphatic rings. The Labute approximate surface area is 131 Å². The molecule has 0 saturated heterocycles. The van der Waals surface area contributed by atoms with Crippen LogP contribution in [0.3, 0.4) is 0 Å². The summed E-state index contributed by atoms with van der Waals surface area (Å²) in [7, 11) is 0. The summed E-state index contributed by atoms with van der Waals surface area (Å²) in [6.45, 7) is 3.76. The van der Waals surface area contributed by atoms with Crippen molar-refractivity contribution in [2.24, 2.45) is 5.10 Å². The first kappa shape index (κ1) is 15.3. The molecular weight excluding hydrogens is 336 g/mol. The fourth-order valence-corrected chi connectivity index (χ4v) is 2.51. The van der Waals surface area contributed by atoms with Gasteiger partial charge in [0.15, 0.2) is 6.61 Å². The van der Waals surface area contributed by atoms with Crippen LogP contribution >= 0.6 is 15.9 Å². The maximum Gasteiger partial charge on any atom is 0.277 e. The van der Waals surface area contributed by atoms with E-state index < -0.39 is 0 Å². The molecule has 2 rings (SSSR count). The molecule has 5 nitrogen and oxygen atoms in total. The number of halogens is 1. The van der Waals surface area contributed by atoms with Gasteiger partial charge in [-0.05, 0) is 49.2 Å². The number of benzene rings is 1. The van der Waals surface area contributed by atoms with Gasteiger partial charge in [-0.25, -0.2) is 5.43 Å². The normalized spacial score (nSPS) is 10.8. The fourth-order valence-electron chi connectivity index (χ4n) is 1.83. The number of nitrogens with zero attached hydrogens (tertiary/aromatic N) is 1. The molecule has 1 aromatic carbocycles. The topological polar surface area (TPSA) is 63.8 Å². The van der Waals surface area contributed by atoms with Crippen molar-refractivity contribution in [3.05, 3.63) is 51.9 Å². The lowest BCUT2D eigenvalue weighted by Gasteiger charge is -2.11. The van der Waals surface area contributed by atoms with Crippen molar-refractivity contribution in [3.8, 4) is 5.75 Å². The lowest BCUT2D eigenvalue weighted by molar-refractivity contribution is -0.123. The number of carbonyl (C=O) groups excluding carboxylic acids is 1. The van der Waals surface area contributed by atoms with E-state index in [1.807, 2.05) is 26.0 Å². The van der Waals surface area contributed by atoms with Crippen molar-refractivity contribution in [2.75, 3.05) is 6.61 Å². The maximum absolute atomic E-state index is 11.6. The smallest absolute Gasteiger partial charge is 0.277 e. The highest BCUT2D eigenvalue weighted by molar-refractivity contribution is 9.10. The molecule has 0 spiro atoms. The SMILES string of the molecule is Cc1cc(Br)cc(C)c1OCC(=O)NN=Cc1ccco1. The van der Waals surface area contributed by atoms with Crippen molar-refractivity contribution >= 4 is 28.1 Å². The first-order chi connectivity index (χ1) is 10.1. The van der Waals surface area contributed by atoms with Gasteiger partial charge in [0.25, 0.3) is 5.91 Å². The molecule has 1 heterocycles. The first-order valence-electron chi connectivity index (χ1n) is 6.31. The van der Waals surface area contributed by atoms with Gasteiger partial charge in [-0.2, -0.15) is 5.10 Å². The second-order valence-electron chi connectivity index (χ2n) is 4.47. The van der Waals surface area contributed by atoms with Crippen LogP contribution in [0.25, 0.3) is 0 Å². The van der Waals surface area contributed by atoms with Gasteiger partial charge in [0, 0.05) is 4.47 Å². The summed E-state index contributed by atoms with van der Waals surface area (Å²) >= 11 is 3.42. The van der Waals surface area contributed by atoms with E-state index in [2.05, 4.69) is 26.5 Å². The monoisotopic (exact) mass is 350 g/mol. The van der Waals surface area contributed by atoms with Gasteiger partial charge in [-0.3, -0.25) is 4.79 Å². The van der Waals surface area contributed by atoms with Gasteiger partial charge in [-0.1, -0.05) is 15.9 Å². The molecule has 21 heavy (non-hydrogen) atoms. The Bertz CT molecular complexity index is 628. The summed E-state index contributed by atoms with van der Waals surface area (Å²) in [4.78, 5) is 11.6. The average Bonchev–Trinajstić information content (AvgIpc) is 2.90. The lowest BCUT2D eigenvalue weighted by Crippen LogP contribution is -2.25. The van der Waals surface area contributed by atoms with Crippen LogP contribution in [-0.4, -0.2) is 18.7 Å². The summed E-state index contributed by atoms with van der Waals surface area (Å²) in [5, 5.41) is 3.78. The van der Waals surface area contributed by atoms with Crippen LogP contribution in [0.5, 0.6) is 5.75 Å². The number of nitrogens with one attached hydrogen (secondary N) is 1. The van der Waals surface area contributed by atoms with Gasteiger partial charge < -0.3 is 9.15 Å². The van der Waals surface area contributed by atoms with Gasteiger partial charge in [-0.15, -0.1) is 0 Å². The van der Waals surface area contributed by atoms with Crippen molar-refractivity contribution < 1.29 is 13.9 Å². The number of ether oxygens (including phenoxy) is 1. The highest BCUT2D eigenvalue weighted by Gasteiger charge is 2.08. The molecule has 0 bridgehead atoms. The Balaban J connectivity index is 1.87. The van der Waals surface area contributed by atoms with Crippen LogP contribution in [0, 0.1) is 13.8 Å². The minimum Gasteiger partial charge on any atom is -0.483 e. The molecular formula is C15H15BrN2O3. The van der Waals surface area contributed by atoms with E-state index in [9.17, 15) is 4.79 Å². The van der Waals surface area contributed by atoms with Crippen LogP contribution in [0.4, 0.5) is 0 Å². The molecule has 1 amide bonds. The maximum atomic E-state index is 11.6. The second kappa shape index (κ2) is 7.08. The zero-order chi connectivity index (χ0) is 15.2. The summed E-state index contributed by atoms with van der Waals surface area (Å²) in [5.41, 5.74) is 4.31. The van der Waals surface area contributed by atoms with E-state index in [-0.39, 0.29) is 12.5 Å². The standard InChI is InChI=1S/C15H15BrN2O3/c1-10-6-12(16)7-11(2)15(10)21-9-14(19)18-17-8-13-4-3-5-20-13/h3-8H,9H2,1-2H3,(H,18,19). The van der Waals surface area contributed by atoms with E-state index in [0.29, 0.717) is 11.5 Å². The summed E-state index contributed by atoms with van der Waals surface area (Å²) < 4.78 is 11.6. The predicted octanol–water partition coefficient (Wildman–Crippen LogP) is 3.19. The average molecular weight is 351 g/mol. The highest BCUT2D eigenvalue weighted by Crippen LogP contribution is 2.27. The quantitative estimate of drug-likeness (QED) is 0.665. The third-order valence-corrected chi connectivity index (χ3v) is 3.15. The number of aryl methyl sites for hydroxylation is 2. The fraction of sp³-hybridized carbons (Fsp3) is 0.200. The Morgan fingerprint density at radius 3 is 2.76 bits per heavy atom. The molecule has 0 fully saturated rings. The van der Waals surface area contributed by atoms with Crippen LogP contribution in [0.2, 0.25) is 0 Å². The number of carbonyl (C=O) groups is 1. The van der Waals surface area contributed by atoms with Crippen LogP contribution < -0.4 is 10.2 Å². The van der Waals surface area contributed by atoms with E-state index in [1.165, 1.54) is 12.5 Å². The summed E-state index contributed by atoms with van der Waals surface area (Å²) in [5.74, 6) is 0.943. The number of hydrogen-bond donors (Lipinski definition) is 1. The molecule has 0 aliphatic heterocycles. The Kier molecular flexibility index (Phi) is 5.16. The predicted molar refractivity (Wildman–Crippen MR) is 83.6 cm³/mol. The van der Waals surface area contributed by atoms with Gasteiger partial charge in [0.05, 0.1) is 12.5 Å². The highest BCUT2D eigenvalue weighted by atomic mass is 79.9. The van der Waals surface area contributed by atoms with Crippen LogP contribution in [0.15, 0.2) is 44.5 Å². The number of furan rings is 1. The third kappa shape index (κ3) is 4.46. The molecule has 0 aliphatic carbocycles. The third-order valence-electron chi connectivity index (χ3n) is 2.70. The summed E-state index contributed by atoms with van der Waals surface area (Å²) in [6.07, 6.45) is 2.96. The largest absolute Gasteiger partial charge is 0.483 e. The minimum absolute atomic E-state index is 0.0984. The van der Waals surface area contributed by atoms with Crippen molar-refractivity contribution in [2.45, 2.75) is 13.8 Å². The molecule has 0 saturated carbocycles. The van der Waals surface area contributed by atoms with E-state index in [0.717, 1.165) is 15.6 Å². The summed E-state index contributed by atoms with van der Waals surface area (Å²) in [6, 6.07) is 7.36. The lowest BCUT2D eigenvalue weighted by atomic mass is 10.1. The number of hydrogen-bond acceptors (Lipinski definition) is 4. The molecule has 0 radical (unpaired) electrons. The molecule has 1 aromatic heterocycles. The second-order valence-corrected chi connectivity index (χ2v) is 5.38. The molecule has 110 valence electrons. The molecule has 2 aromatic rings. The van der Waals surface area contributed by atoms with Crippen LogP contribution in [0.1, 0.15) is 16.9 Å². The van der Waals surface area contributed by atoms with Crippen molar-refractivity contribution in [1.29, 1.82) is 0 Å². The molecule has 6 heteroatoms. The minimum atomic E-state index is -0.334. The molecule has 0 unspecified atom stereocenters. The first-order valence-corrected chi connectivity index (χ1v) is 7.10. The Morgan fingerprint density at radius 1 is 1.43 bits per heavy atom.